The van der Waals surface area contributed by atoms with E-state index in [2.05, 4.69) is 127 Å². The van der Waals surface area contributed by atoms with Crippen molar-refractivity contribution in [2.24, 2.45) is 0 Å². The van der Waals surface area contributed by atoms with Crippen molar-refractivity contribution in [3.8, 4) is 22.6 Å². The summed E-state index contributed by atoms with van der Waals surface area (Å²) < 4.78 is 12.9. The van der Waals surface area contributed by atoms with E-state index in [1.807, 2.05) is 30.3 Å². The molecule has 7 aromatic carbocycles. The van der Waals surface area contributed by atoms with Gasteiger partial charge in [-0.15, -0.1) is 0 Å². The summed E-state index contributed by atoms with van der Waals surface area (Å²) in [6, 6.07) is 55.3. The molecule has 0 atom stereocenters. The Morgan fingerprint density at radius 2 is 0.880 bits per heavy atom. The highest BCUT2D eigenvalue weighted by Crippen LogP contribution is 2.37. The quantitative estimate of drug-likeness (QED) is 0.146. The minimum Gasteiger partial charge on any atom is -0.493 e. The molecule has 0 saturated carbocycles. The van der Waals surface area contributed by atoms with Crippen LogP contribution in [-0.4, -0.2) is 23.2 Å². The first-order chi connectivity index (χ1) is 24.7. The molecule has 0 amide bonds. The topological polar surface area (TPSA) is 44.2 Å². The van der Waals surface area contributed by atoms with Crippen LogP contribution in [0.2, 0.25) is 0 Å². The van der Waals surface area contributed by atoms with E-state index in [0.717, 1.165) is 55.8 Å². The lowest BCUT2D eigenvalue weighted by molar-refractivity contribution is 0.305. The van der Waals surface area contributed by atoms with Gasteiger partial charge in [0.1, 0.15) is 11.5 Å². The Kier molecular flexibility index (Phi) is 7.75. The van der Waals surface area contributed by atoms with Gasteiger partial charge in [-0.05, 0) is 104 Å². The average molecular weight is 647 g/mol. The van der Waals surface area contributed by atoms with E-state index in [9.17, 15) is 0 Å². The molecule has 9 aromatic rings. The number of rotatable bonds is 9. The lowest BCUT2D eigenvalue weighted by atomic mass is 9.94. The van der Waals surface area contributed by atoms with Crippen LogP contribution in [0.25, 0.3) is 65.3 Å². The molecule has 240 valence electrons. The van der Waals surface area contributed by atoms with Crippen LogP contribution in [0.3, 0.4) is 0 Å². The Balaban J connectivity index is 1.04. The van der Waals surface area contributed by atoms with Crippen LogP contribution in [0.5, 0.6) is 11.5 Å². The molecular weight excluding hydrogens is 613 g/mol. The number of para-hydroxylation sites is 2. The molecular formula is C46H34N2O2. The molecule has 2 heterocycles. The van der Waals surface area contributed by atoms with Gasteiger partial charge in [-0.3, -0.25) is 9.97 Å². The Hall–Kier alpha value is -6.26. The van der Waals surface area contributed by atoms with Gasteiger partial charge in [-0.1, -0.05) is 91.0 Å². The zero-order chi connectivity index (χ0) is 33.3. The maximum atomic E-state index is 6.44. The van der Waals surface area contributed by atoms with E-state index in [1.165, 1.54) is 32.3 Å². The summed E-state index contributed by atoms with van der Waals surface area (Å²) in [5, 5.41) is 9.62. The van der Waals surface area contributed by atoms with Crippen LogP contribution < -0.4 is 9.47 Å². The molecule has 0 unspecified atom stereocenters. The lowest BCUT2D eigenvalue weighted by Crippen LogP contribution is -2.05. The fourth-order valence-corrected chi connectivity index (χ4v) is 6.91. The number of hydrogen-bond donors (Lipinski definition) is 0. The molecule has 4 heteroatoms. The van der Waals surface area contributed by atoms with E-state index in [4.69, 9.17) is 19.4 Å². The summed E-state index contributed by atoms with van der Waals surface area (Å²) in [6.07, 6.45) is 1.40. The summed E-state index contributed by atoms with van der Waals surface area (Å²) in [7, 11) is 0. The Labute approximate surface area is 290 Å². The maximum Gasteiger partial charge on any atom is 0.123 e. The molecule has 0 radical (unpaired) electrons. The van der Waals surface area contributed by atoms with Gasteiger partial charge in [0.2, 0.25) is 0 Å². The lowest BCUT2D eigenvalue weighted by Gasteiger charge is -2.15. The van der Waals surface area contributed by atoms with Gasteiger partial charge in [-0.2, -0.15) is 0 Å². The van der Waals surface area contributed by atoms with Crippen molar-refractivity contribution in [2.75, 3.05) is 13.2 Å². The van der Waals surface area contributed by atoms with Gasteiger partial charge < -0.3 is 9.47 Å². The second-order valence-corrected chi connectivity index (χ2v) is 12.8. The Bertz CT molecular complexity index is 2580. The second-order valence-electron chi connectivity index (χ2n) is 12.8. The molecule has 9 rings (SSSR count). The van der Waals surface area contributed by atoms with Crippen molar-refractivity contribution >= 4 is 54.1 Å². The number of pyridine rings is 2. The van der Waals surface area contributed by atoms with Crippen molar-refractivity contribution in [2.45, 2.75) is 12.8 Å². The van der Waals surface area contributed by atoms with Crippen LogP contribution >= 0.6 is 0 Å². The number of aromatic nitrogens is 2. The summed E-state index contributed by atoms with van der Waals surface area (Å²) in [6.45, 7) is 1.00. The van der Waals surface area contributed by atoms with Gasteiger partial charge >= 0.3 is 0 Å². The first-order valence-electron chi connectivity index (χ1n) is 17.2. The minimum atomic E-state index is 0.502. The fraction of sp³-hybridized carbons (Fsp3) is 0.0870. The van der Waals surface area contributed by atoms with Crippen molar-refractivity contribution in [1.82, 2.24) is 9.97 Å². The van der Waals surface area contributed by atoms with Gasteiger partial charge in [0.25, 0.3) is 0 Å². The number of nitrogens with zero attached hydrogens (tertiary/aromatic N) is 2. The largest absolute Gasteiger partial charge is 0.493 e. The van der Waals surface area contributed by atoms with Gasteiger partial charge in [0, 0.05) is 41.1 Å². The number of benzene rings is 7. The molecule has 0 saturated heterocycles. The Morgan fingerprint density at radius 1 is 0.380 bits per heavy atom. The predicted molar refractivity (Wildman–Crippen MR) is 206 cm³/mol. The molecule has 50 heavy (non-hydrogen) atoms. The third-order valence-electron chi connectivity index (χ3n) is 9.46. The van der Waals surface area contributed by atoms with Gasteiger partial charge in [0.15, 0.2) is 0 Å². The fourth-order valence-electron chi connectivity index (χ4n) is 6.91. The van der Waals surface area contributed by atoms with E-state index in [1.54, 1.807) is 0 Å². The molecule has 0 aliphatic carbocycles. The van der Waals surface area contributed by atoms with Crippen molar-refractivity contribution in [3.05, 3.63) is 169 Å². The Morgan fingerprint density at radius 3 is 1.48 bits per heavy atom. The first kappa shape index (κ1) is 29.8. The highest BCUT2D eigenvalue weighted by Gasteiger charge is 2.12. The zero-order valence-corrected chi connectivity index (χ0v) is 27.6. The van der Waals surface area contributed by atoms with E-state index >= 15 is 0 Å². The van der Waals surface area contributed by atoms with Crippen LogP contribution in [0.15, 0.2) is 158 Å². The third-order valence-corrected chi connectivity index (χ3v) is 9.46. The molecule has 2 aromatic heterocycles. The SMILES string of the molecule is c1ccc2cc3cc4c(-c5cc(OCCc6ccc7ccccc7n6)cc(OCCc6ccc7ccccc7n6)c5)cccc4cc3cc2c1. The highest BCUT2D eigenvalue weighted by molar-refractivity contribution is 6.08. The summed E-state index contributed by atoms with van der Waals surface area (Å²) >= 11 is 0. The first-order valence-corrected chi connectivity index (χ1v) is 17.2. The smallest absolute Gasteiger partial charge is 0.123 e. The van der Waals surface area contributed by atoms with Gasteiger partial charge in [0.05, 0.1) is 24.2 Å². The molecule has 4 nitrogen and oxygen atoms in total. The van der Waals surface area contributed by atoms with Crippen molar-refractivity contribution in [3.63, 3.8) is 0 Å². The maximum absolute atomic E-state index is 6.44. The third kappa shape index (κ3) is 6.08. The van der Waals surface area contributed by atoms with E-state index in [0.29, 0.717) is 26.1 Å². The number of fused-ring (bicyclic) bond motifs is 5. The van der Waals surface area contributed by atoms with E-state index in [-0.39, 0.29) is 0 Å². The molecule has 0 fully saturated rings. The van der Waals surface area contributed by atoms with Crippen molar-refractivity contribution < 1.29 is 9.47 Å². The molecule has 0 spiro atoms. The standard InChI is InChI=1S/C46H34N2O2/c1-2-11-34-25-37-29-44-35(26-36(37)24-33(34)10-1)12-7-13-43(44)38-27-41(49-22-20-39-18-16-31-8-3-5-14-45(31)47-39)30-42(28-38)50-23-21-40-19-17-32-9-4-6-15-46(32)48-40/h1-19,24-30H,20-23H2. The van der Waals surface area contributed by atoms with Crippen LogP contribution in [-0.2, 0) is 12.8 Å². The van der Waals surface area contributed by atoms with Crippen LogP contribution in [0.4, 0.5) is 0 Å². The highest BCUT2D eigenvalue weighted by atomic mass is 16.5. The summed E-state index contributed by atoms with van der Waals surface area (Å²) in [5.74, 6) is 1.54. The molecule has 0 aliphatic rings. The number of hydrogen-bond acceptors (Lipinski definition) is 4. The normalized spacial score (nSPS) is 11.5. The molecule has 0 N–H and O–H groups in total. The predicted octanol–water partition coefficient (Wildman–Crippen LogP) is 11.2. The second kappa shape index (κ2) is 13.0. The van der Waals surface area contributed by atoms with Crippen LogP contribution in [0, 0.1) is 0 Å². The number of ether oxygens (including phenoxy) is 2. The summed E-state index contributed by atoms with van der Waals surface area (Å²) in [5.41, 5.74) is 6.21. The minimum absolute atomic E-state index is 0.502. The monoisotopic (exact) mass is 646 g/mol. The average Bonchev–Trinajstić information content (AvgIpc) is 3.16. The zero-order valence-electron chi connectivity index (χ0n) is 27.6. The van der Waals surface area contributed by atoms with E-state index < -0.39 is 0 Å². The van der Waals surface area contributed by atoms with Gasteiger partial charge in [-0.25, -0.2) is 0 Å². The van der Waals surface area contributed by atoms with Crippen molar-refractivity contribution in [1.29, 1.82) is 0 Å². The summed E-state index contributed by atoms with van der Waals surface area (Å²) in [4.78, 5) is 9.69. The molecule has 0 bridgehead atoms. The molecule has 0 aliphatic heterocycles. The van der Waals surface area contributed by atoms with Crippen LogP contribution in [0.1, 0.15) is 11.4 Å².